The third-order valence-corrected chi connectivity index (χ3v) is 5.00. The zero-order valence-corrected chi connectivity index (χ0v) is 14.2. The van der Waals surface area contributed by atoms with E-state index in [1.807, 2.05) is 11.0 Å². The Morgan fingerprint density at radius 2 is 2.12 bits per heavy atom. The van der Waals surface area contributed by atoms with Gasteiger partial charge in [-0.25, -0.2) is 4.39 Å². The van der Waals surface area contributed by atoms with Crippen LogP contribution in [0, 0.1) is 18.7 Å². The predicted molar refractivity (Wildman–Crippen MR) is 88.1 cm³/mol. The van der Waals surface area contributed by atoms with Crippen LogP contribution in [0.2, 0.25) is 0 Å². The number of hydrogen-bond acceptors (Lipinski definition) is 5. The number of carbonyl (C=O) groups excluding carboxylic acids is 1. The second-order valence-corrected chi connectivity index (χ2v) is 6.83. The summed E-state index contributed by atoms with van der Waals surface area (Å²) in [6.45, 7) is 5.45. The molecule has 25 heavy (non-hydrogen) atoms. The van der Waals surface area contributed by atoms with Crippen molar-refractivity contribution in [2.24, 2.45) is 5.92 Å². The molecule has 4 rings (SSSR count). The summed E-state index contributed by atoms with van der Waals surface area (Å²) in [5, 5.41) is 3.91. The lowest BCUT2D eigenvalue weighted by atomic mass is 10.1. The molecule has 0 spiro atoms. The Bertz CT molecular complexity index is 770. The van der Waals surface area contributed by atoms with E-state index in [0.717, 1.165) is 25.1 Å². The molecule has 7 heteroatoms. The van der Waals surface area contributed by atoms with Gasteiger partial charge in [0.15, 0.2) is 5.82 Å². The first-order chi connectivity index (χ1) is 12.1. The number of hydrogen-bond donors (Lipinski definition) is 0. The molecular formula is C18H21FN4O2. The van der Waals surface area contributed by atoms with E-state index < -0.39 is 0 Å². The molecule has 2 heterocycles. The number of amides is 1. The van der Waals surface area contributed by atoms with Gasteiger partial charge < -0.3 is 9.42 Å². The lowest BCUT2D eigenvalue weighted by Crippen LogP contribution is -2.49. The summed E-state index contributed by atoms with van der Waals surface area (Å²) in [4.78, 5) is 21.0. The predicted octanol–water partition coefficient (Wildman–Crippen LogP) is 1.97. The lowest BCUT2D eigenvalue weighted by molar-refractivity contribution is -0.134. The van der Waals surface area contributed by atoms with Crippen LogP contribution in [0.4, 0.5) is 4.39 Å². The van der Waals surface area contributed by atoms with E-state index in [2.05, 4.69) is 15.0 Å². The fourth-order valence-corrected chi connectivity index (χ4v) is 3.54. The Hall–Kier alpha value is -2.28. The number of piperazine rings is 1. The fourth-order valence-electron chi connectivity index (χ4n) is 3.54. The van der Waals surface area contributed by atoms with Crippen molar-refractivity contribution in [3.63, 3.8) is 0 Å². The fraction of sp³-hybridized carbons (Fsp3) is 0.500. The molecule has 2 fully saturated rings. The Morgan fingerprint density at radius 3 is 2.80 bits per heavy atom. The molecule has 2 aliphatic rings. The molecule has 2 aromatic rings. The van der Waals surface area contributed by atoms with Crippen molar-refractivity contribution in [1.29, 1.82) is 0 Å². The summed E-state index contributed by atoms with van der Waals surface area (Å²) in [6.07, 6.45) is 0.824. The summed E-state index contributed by atoms with van der Waals surface area (Å²) in [5.74, 6) is 1.40. The molecule has 6 nitrogen and oxygen atoms in total. The number of halogens is 1. The maximum absolute atomic E-state index is 13.3. The number of benzene rings is 1. The zero-order chi connectivity index (χ0) is 17.4. The normalized spacial score (nSPS) is 23.7. The maximum Gasteiger partial charge on any atom is 0.226 e. The van der Waals surface area contributed by atoms with Crippen molar-refractivity contribution < 1.29 is 13.7 Å². The van der Waals surface area contributed by atoms with Crippen LogP contribution in [0.5, 0.6) is 0 Å². The number of carbonyl (C=O) groups is 1. The molecule has 1 saturated heterocycles. The summed E-state index contributed by atoms with van der Waals surface area (Å²) < 4.78 is 18.3. The van der Waals surface area contributed by atoms with E-state index in [1.165, 1.54) is 6.07 Å². The number of aromatic nitrogens is 2. The standard InChI is InChI=1S/C18H21FN4O2/c1-12-20-17(21-25-12)11-22-5-7-23(8-6-22)18(24)16-10-15(16)13-3-2-4-14(19)9-13/h2-4,9,15-16H,5-8,10-11H2,1H3/t15-,16-/m0/s1. The highest BCUT2D eigenvalue weighted by atomic mass is 19.1. The van der Waals surface area contributed by atoms with Crippen molar-refractivity contribution in [2.45, 2.75) is 25.8 Å². The van der Waals surface area contributed by atoms with Crippen molar-refractivity contribution in [2.75, 3.05) is 26.2 Å². The van der Waals surface area contributed by atoms with Crippen molar-refractivity contribution in [1.82, 2.24) is 19.9 Å². The van der Waals surface area contributed by atoms with E-state index in [0.29, 0.717) is 31.3 Å². The van der Waals surface area contributed by atoms with Crippen molar-refractivity contribution >= 4 is 5.91 Å². The Morgan fingerprint density at radius 1 is 1.32 bits per heavy atom. The van der Waals surface area contributed by atoms with E-state index in [9.17, 15) is 9.18 Å². The highest BCUT2D eigenvalue weighted by Gasteiger charge is 2.46. The second-order valence-electron chi connectivity index (χ2n) is 6.83. The highest BCUT2D eigenvalue weighted by Crippen LogP contribution is 2.48. The Balaban J connectivity index is 1.29. The first-order valence-corrected chi connectivity index (χ1v) is 8.66. The first kappa shape index (κ1) is 16.2. The van der Waals surface area contributed by atoms with Crippen LogP contribution in [0.1, 0.15) is 29.6 Å². The van der Waals surface area contributed by atoms with Gasteiger partial charge in [0.05, 0.1) is 6.54 Å². The molecule has 1 aliphatic heterocycles. The van der Waals surface area contributed by atoms with Crippen LogP contribution >= 0.6 is 0 Å². The van der Waals surface area contributed by atoms with E-state index >= 15 is 0 Å². The van der Waals surface area contributed by atoms with Gasteiger partial charge >= 0.3 is 0 Å². The van der Waals surface area contributed by atoms with Crippen LogP contribution in [-0.4, -0.2) is 52.0 Å². The monoisotopic (exact) mass is 344 g/mol. The van der Waals surface area contributed by atoms with Gasteiger partial charge in [-0.1, -0.05) is 17.3 Å². The molecule has 0 N–H and O–H groups in total. The summed E-state index contributed by atoms with van der Waals surface area (Å²) >= 11 is 0. The third-order valence-electron chi connectivity index (χ3n) is 5.00. The zero-order valence-electron chi connectivity index (χ0n) is 14.2. The van der Waals surface area contributed by atoms with Gasteiger partial charge in [-0.15, -0.1) is 0 Å². The molecule has 1 aliphatic carbocycles. The SMILES string of the molecule is Cc1nc(CN2CCN(C(=O)[C@H]3C[C@H]3c3cccc(F)c3)CC2)no1. The van der Waals surface area contributed by atoms with Gasteiger partial charge in [-0.05, 0) is 30.0 Å². The van der Waals surface area contributed by atoms with Crippen molar-refractivity contribution in [3.05, 3.63) is 47.4 Å². The molecule has 0 unspecified atom stereocenters. The minimum atomic E-state index is -0.235. The largest absolute Gasteiger partial charge is 0.340 e. The molecule has 1 aromatic carbocycles. The topological polar surface area (TPSA) is 62.5 Å². The molecule has 2 atom stereocenters. The van der Waals surface area contributed by atoms with Gasteiger partial charge in [0.2, 0.25) is 11.8 Å². The quantitative estimate of drug-likeness (QED) is 0.848. The molecule has 1 aromatic heterocycles. The van der Waals surface area contributed by atoms with E-state index in [1.54, 1.807) is 19.1 Å². The third kappa shape index (κ3) is 3.56. The number of rotatable bonds is 4. The van der Waals surface area contributed by atoms with Crippen LogP contribution < -0.4 is 0 Å². The van der Waals surface area contributed by atoms with Crippen LogP contribution in [0.25, 0.3) is 0 Å². The highest BCUT2D eigenvalue weighted by molar-refractivity contribution is 5.83. The molecular weight excluding hydrogens is 323 g/mol. The minimum Gasteiger partial charge on any atom is -0.340 e. The van der Waals surface area contributed by atoms with Gasteiger partial charge in [0.25, 0.3) is 0 Å². The molecule has 1 amide bonds. The van der Waals surface area contributed by atoms with Crippen LogP contribution in [0.15, 0.2) is 28.8 Å². The van der Waals surface area contributed by atoms with E-state index in [4.69, 9.17) is 4.52 Å². The molecule has 132 valence electrons. The van der Waals surface area contributed by atoms with Crippen molar-refractivity contribution in [3.8, 4) is 0 Å². The smallest absolute Gasteiger partial charge is 0.226 e. The lowest BCUT2D eigenvalue weighted by Gasteiger charge is -2.34. The number of nitrogens with zero attached hydrogens (tertiary/aromatic N) is 4. The number of aryl methyl sites for hydroxylation is 1. The second kappa shape index (κ2) is 6.55. The van der Waals surface area contributed by atoms with E-state index in [-0.39, 0.29) is 23.6 Å². The Kier molecular flexibility index (Phi) is 4.25. The first-order valence-electron chi connectivity index (χ1n) is 8.66. The molecule has 0 bridgehead atoms. The molecule has 0 radical (unpaired) electrons. The molecule has 1 saturated carbocycles. The van der Waals surface area contributed by atoms with Crippen LogP contribution in [0.3, 0.4) is 0 Å². The summed E-state index contributed by atoms with van der Waals surface area (Å²) in [6, 6.07) is 6.60. The van der Waals surface area contributed by atoms with Gasteiger partial charge in [-0.3, -0.25) is 9.69 Å². The maximum atomic E-state index is 13.3. The van der Waals surface area contributed by atoms with Gasteiger partial charge in [0.1, 0.15) is 5.82 Å². The van der Waals surface area contributed by atoms with Gasteiger partial charge in [0, 0.05) is 39.0 Å². The minimum absolute atomic E-state index is 0.00760. The Labute approximate surface area is 145 Å². The summed E-state index contributed by atoms with van der Waals surface area (Å²) in [5.41, 5.74) is 0.935. The average molecular weight is 344 g/mol. The average Bonchev–Trinajstić information content (AvgIpc) is 3.31. The summed E-state index contributed by atoms with van der Waals surface area (Å²) in [7, 11) is 0. The van der Waals surface area contributed by atoms with Crippen LogP contribution in [-0.2, 0) is 11.3 Å². The van der Waals surface area contributed by atoms with Gasteiger partial charge in [-0.2, -0.15) is 4.98 Å².